The van der Waals surface area contributed by atoms with Crippen LogP contribution in [0.3, 0.4) is 0 Å². The SMILES string of the molecule is CCOC(=O)CCc1cc(B2OC(C)(C)C(C)(C)O2)co1. The number of aryl methyl sites for hydroxylation is 1. The number of hydrogen-bond acceptors (Lipinski definition) is 5. The summed E-state index contributed by atoms with van der Waals surface area (Å²) in [4.78, 5) is 11.3. The number of carbonyl (C=O) groups excluding carboxylic acids is 1. The van der Waals surface area contributed by atoms with Crippen LogP contribution in [-0.2, 0) is 25.3 Å². The second-order valence-corrected chi connectivity index (χ2v) is 6.24. The maximum atomic E-state index is 11.3. The van der Waals surface area contributed by atoms with Crippen LogP contribution in [0.25, 0.3) is 0 Å². The third-order valence-corrected chi connectivity index (χ3v) is 4.08. The maximum Gasteiger partial charge on any atom is 0.498 e. The standard InChI is InChI=1S/C15H23BO5/c1-6-18-13(17)8-7-12-9-11(10-19-12)16-20-14(2,3)15(4,5)21-16/h9-10H,6-8H2,1-5H3. The van der Waals surface area contributed by atoms with Crippen molar-refractivity contribution in [1.29, 1.82) is 0 Å². The van der Waals surface area contributed by atoms with Crippen molar-refractivity contribution in [2.45, 2.75) is 58.7 Å². The fourth-order valence-electron chi connectivity index (χ4n) is 2.09. The van der Waals surface area contributed by atoms with E-state index in [1.165, 1.54) is 0 Å². The molecular formula is C15H23BO5. The van der Waals surface area contributed by atoms with Gasteiger partial charge in [0.2, 0.25) is 0 Å². The first-order chi connectivity index (χ1) is 9.75. The summed E-state index contributed by atoms with van der Waals surface area (Å²) in [6.07, 6.45) is 2.45. The van der Waals surface area contributed by atoms with Crippen LogP contribution in [0.15, 0.2) is 16.7 Å². The number of ether oxygens (including phenoxy) is 1. The van der Waals surface area contributed by atoms with E-state index in [1.54, 1.807) is 13.2 Å². The van der Waals surface area contributed by atoms with Crippen molar-refractivity contribution in [3.8, 4) is 0 Å². The fraction of sp³-hybridized carbons (Fsp3) is 0.667. The maximum absolute atomic E-state index is 11.3. The summed E-state index contributed by atoms with van der Waals surface area (Å²) < 4.78 is 22.3. The predicted octanol–water partition coefficient (Wildman–Crippen LogP) is 2.07. The Hall–Kier alpha value is -1.27. The minimum atomic E-state index is -0.435. The smallest absolute Gasteiger partial charge is 0.470 e. The number of esters is 1. The topological polar surface area (TPSA) is 57.9 Å². The molecule has 1 aromatic heterocycles. The first kappa shape index (κ1) is 16.1. The molecule has 0 aromatic carbocycles. The van der Waals surface area contributed by atoms with Gasteiger partial charge in [0.25, 0.3) is 0 Å². The lowest BCUT2D eigenvalue weighted by molar-refractivity contribution is -0.143. The quantitative estimate of drug-likeness (QED) is 0.614. The van der Waals surface area contributed by atoms with Gasteiger partial charge in [-0.25, -0.2) is 0 Å². The minimum Gasteiger partial charge on any atom is -0.470 e. The largest absolute Gasteiger partial charge is 0.498 e. The fourth-order valence-corrected chi connectivity index (χ4v) is 2.09. The van der Waals surface area contributed by atoms with Gasteiger partial charge in [0.05, 0.1) is 30.5 Å². The van der Waals surface area contributed by atoms with Crippen LogP contribution in [0.5, 0.6) is 0 Å². The number of rotatable bonds is 5. The van der Waals surface area contributed by atoms with E-state index in [0.717, 1.165) is 11.2 Å². The van der Waals surface area contributed by atoms with Gasteiger partial charge in [-0.15, -0.1) is 0 Å². The highest BCUT2D eigenvalue weighted by Crippen LogP contribution is 2.36. The van der Waals surface area contributed by atoms with Crippen LogP contribution < -0.4 is 5.46 Å². The van der Waals surface area contributed by atoms with Crippen molar-refractivity contribution in [3.63, 3.8) is 0 Å². The minimum absolute atomic E-state index is 0.217. The molecule has 2 rings (SSSR count). The van der Waals surface area contributed by atoms with Crippen molar-refractivity contribution < 1.29 is 23.3 Å². The summed E-state index contributed by atoms with van der Waals surface area (Å²) in [5.74, 6) is 0.513. The molecule has 1 saturated heterocycles. The second kappa shape index (κ2) is 5.85. The molecule has 0 aliphatic carbocycles. The number of hydrogen-bond donors (Lipinski definition) is 0. The van der Waals surface area contributed by atoms with Gasteiger partial charge < -0.3 is 18.5 Å². The molecule has 5 nitrogen and oxygen atoms in total. The summed E-state index contributed by atoms with van der Waals surface area (Å²) in [5.41, 5.74) is 0.0903. The van der Waals surface area contributed by atoms with Crippen molar-refractivity contribution in [1.82, 2.24) is 0 Å². The van der Waals surface area contributed by atoms with E-state index in [0.29, 0.717) is 19.4 Å². The van der Waals surface area contributed by atoms with Crippen molar-refractivity contribution in [2.24, 2.45) is 0 Å². The average Bonchev–Trinajstić information content (AvgIpc) is 2.91. The van der Waals surface area contributed by atoms with Gasteiger partial charge in [-0.1, -0.05) is 0 Å². The molecule has 6 heteroatoms. The molecule has 1 fully saturated rings. The number of furan rings is 1. The molecule has 0 saturated carbocycles. The van der Waals surface area contributed by atoms with E-state index < -0.39 is 7.12 Å². The molecule has 2 heterocycles. The summed E-state index contributed by atoms with van der Waals surface area (Å²) in [7, 11) is -0.435. The van der Waals surface area contributed by atoms with Gasteiger partial charge in [0, 0.05) is 11.9 Å². The average molecular weight is 294 g/mol. The monoisotopic (exact) mass is 294 g/mol. The first-order valence-corrected chi connectivity index (χ1v) is 7.34. The molecular weight excluding hydrogens is 271 g/mol. The molecule has 1 aliphatic rings. The zero-order valence-corrected chi connectivity index (χ0v) is 13.4. The van der Waals surface area contributed by atoms with E-state index in [-0.39, 0.29) is 17.2 Å². The molecule has 0 radical (unpaired) electrons. The normalized spacial score (nSPS) is 19.8. The Morgan fingerprint density at radius 2 is 1.86 bits per heavy atom. The Morgan fingerprint density at radius 3 is 2.43 bits per heavy atom. The molecule has 116 valence electrons. The highest BCUT2D eigenvalue weighted by atomic mass is 16.7. The zero-order valence-electron chi connectivity index (χ0n) is 13.4. The van der Waals surface area contributed by atoms with Crippen LogP contribution in [0.2, 0.25) is 0 Å². The van der Waals surface area contributed by atoms with Crippen molar-refractivity contribution >= 4 is 18.6 Å². The van der Waals surface area contributed by atoms with Gasteiger partial charge in [-0.05, 0) is 40.7 Å². The summed E-state index contributed by atoms with van der Waals surface area (Å²) in [5, 5.41) is 0. The van der Waals surface area contributed by atoms with Gasteiger partial charge in [0.1, 0.15) is 5.76 Å². The molecule has 0 unspecified atom stereocenters. The first-order valence-electron chi connectivity index (χ1n) is 7.34. The Balaban J connectivity index is 1.97. The van der Waals surface area contributed by atoms with Crippen molar-refractivity contribution in [2.75, 3.05) is 6.61 Å². The molecule has 0 spiro atoms. The lowest BCUT2D eigenvalue weighted by Crippen LogP contribution is -2.41. The third-order valence-electron chi connectivity index (χ3n) is 4.08. The van der Waals surface area contributed by atoms with Crippen molar-refractivity contribution in [3.05, 3.63) is 18.1 Å². The number of carbonyl (C=O) groups is 1. The van der Waals surface area contributed by atoms with E-state index in [2.05, 4.69) is 0 Å². The van der Waals surface area contributed by atoms with Crippen LogP contribution in [-0.4, -0.2) is 30.9 Å². The van der Waals surface area contributed by atoms with Crippen LogP contribution >= 0.6 is 0 Å². The highest BCUT2D eigenvalue weighted by Gasteiger charge is 2.52. The Labute approximate surface area is 126 Å². The molecule has 0 atom stereocenters. The van der Waals surface area contributed by atoms with E-state index in [1.807, 2.05) is 33.8 Å². The second-order valence-electron chi connectivity index (χ2n) is 6.24. The van der Waals surface area contributed by atoms with Gasteiger partial charge in [0.15, 0.2) is 0 Å². The van der Waals surface area contributed by atoms with Crippen LogP contribution in [0, 0.1) is 0 Å². The van der Waals surface area contributed by atoms with Gasteiger partial charge >= 0.3 is 13.1 Å². The van der Waals surface area contributed by atoms with Gasteiger partial charge in [-0.3, -0.25) is 4.79 Å². The summed E-state index contributed by atoms with van der Waals surface area (Å²) in [6.45, 7) is 10.2. The molecule has 1 aliphatic heterocycles. The Kier molecular flexibility index (Phi) is 4.49. The third kappa shape index (κ3) is 3.50. The van der Waals surface area contributed by atoms with E-state index in [9.17, 15) is 4.79 Å². The lowest BCUT2D eigenvalue weighted by Gasteiger charge is -2.32. The van der Waals surface area contributed by atoms with E-state index in [4.69, 9.17) is 18.5 Å². The predicted molar refractivity (Wildman–Crippen MR) is 79.4 cm³/mol. The lowest BCUT2D eigenvalue weighted by atomic mass is 9.81. The van der Waals surface area contributed by atoms with E-state index >= 15 is 0 Å². The summed E-state index contributed by atoms with van der Waals surface area (Å²) in [6, 6.07) is 1.88. The molecule has 0 amide bonds. The summed E-state index contributed by atoms with van der Waals surface area (Å²) >= 11 is 0. The highest BCUT2D eigenvalue weighted by molar-refractivity contribution is 6.62. The van der Waals surface area contributed by atoms with Crippen LogP contribution in [0.4, 0.5) is 0 Å². The van der Waals surface area contributed by atoms with Crippen LogP contribution in [0.1, 0.15) is 46.8 Å². The zero-order chi connectivity index (χ0) is 15.7. The Bertz CT molecular complexity index is 490. The Morgan fingerprint density at radius 1 is 1.24 bits per heavy atom. The molecule has 1 aromatic rings. The molecule has 21 heavy (non-hydrogen) atoms. The molecule has 0 N–H and O–H groups in total. The molecule has 0 bridgehead atoms. The van der Waals surface area contributed by atoms with Gasteiger partial charge in [-0.2, -0.15) is 0 Å².